The quantitative estimate of drug-likeness (QED) is 0.340. The number of halogens is 2. The van der Waals surface area contributed by atoms with E-state index in [-0.39, 0.29) is 40.3 Å². The van der Waals surface area contributed by atoms with Crippen molar-refractivity contribution in [3.8, 4) is 0 Å². The van der Waals surface area contributed by atoms with Crippen LogP contribution in [0.15, 0.2) is 36.2 Å². The highest BCUT2D eigenvalue weighted by Gasteiger charge is 2.30. The van der Waals surface area contributed by atoms with E-state index in [2.05, 4.69) is 20.5 Å². The number of benzene rings is 1. The summed E-state index contributed by atoms with van der Waals surface area (Å²) in [4.78, 5) is 44.6. The molecule has 4 rings (SSSR count). The Morgan fingerprint density at radius 2 is 1.95 bits per heavy atom. The molecule has 1 aromatic carbocycles. The Morgan fingerprint density at radius 1 is 1.18 bits per heavy atom. The summed E-state index contributed by atoms with van der Waals surface area (Å²) in [5.41, 5.74) is 8.26. The maximum atomic E-state index is 13.1. The van der Waals surface area contributed by atoms with E-state index in [9.17, 15) is 19.5 Å². The van der Waals surface area contributed by atoms with Crippen molar-refractivity contribution in [3.63, 3.8) is 0 Å². The number of fused-ring (bicyclic) bond motifs is 1. The van der Waals surface area contributed by atoms with Crippen LogP contribution in [0.2, 0.25) is 10.0 Å². The van der Waals surface area contributed by atoms with Crippen LogP contribution in [0.3, 0.4) is 0 Å². The van der Waals surface area contributed by atoms with Crippen LogP contribution >= 0.6 is 23.2 Å². The smallest absolute Gasteiger partial charge is 0.327 e. The van der Waals surface area contributed by atoms with Crippen molar-refractivity contribution in [1.82, 2.24) is 20.4 Å². The van der Waals surface area contributed by atoms with Gasteiger partial charge in [-0.25, -0.2) is 9.78 Å². The van der Waals surface area contributed by atoms with Gasteiger partial charge in [-0.2, -0.15) is 0 Å². The molecule has 1 saturated heterocycles. The number of carbonyl (C=O) groups excluding carboxylic acids is 2. The zero-order valence-corrected chi connectivity index (χ0v) is 22.3. The van der Waals surface area contributed by atoms with Crippen LogP contribution in [0.4, 0.5) is 0 Å². The number of hydrogen-bond acceptors (Lipinski definition) is 6. The minimum Gasteiger partial charge on any atom is -0.480 e. The molecule has 0 saturated carbocycles. The number of aromatic nitrogens is 1. The normalized spacial score (nSPS) is 16.7. The molecule has 38 heavy (non-hydrogen) atoms. The third kappa shape index (κ3) is 6.63. The number of aromatic amines is 1. The molecule has 3 heterocycles. The van der Waals surface area contributed by atoms with Gasteiger partial charge in [-0.1, -0.05) is 23.2 Å². The van der Waals surface area contributed by atoms with Gasteiger partial charge in [-0.05, 0) is 55.6 Å². The second kappa shape index (κ2) is 12.6. The molecule has 0 spiro atoms. The predicted molar refractivity (Wildman–Crippen MR) is 143 cm³/mol. The Hall–Kier alpha value is -3.18. The second-order valence-electron chi connectivity index (χ2n) is 9.38. The SMILES string of the molecule is NC(=Cc1cccc[nH+]1)C(=O)N1CCc2c(cc(Cl)c(C(=O)N[C@@H](CNCN3CCCC3)C(=O)O)c2Cl)C1. The fraction of sp³-hybridized carbons (Fsp3) is 0.385. The number of nitrogens with zero attached hydrogens (tertiary/aromatic N) is 2. The van der Waals surface area contributed by atoms with Crippen molar-refractivity contribution in [2.75, 3.05) is 32.8 Å². The first-order valence-electron chi connectivity index (χ1n) is 12.4. The molecule has 1 fully saturated rings. The molecule has 6 N–H and O–H groups in total. The molecule has 2 aliphatic heterocycles. The molecular weight excluding hydrogens is 531 g/mol. The van der Waals surface area contributed by atoms with Crippen molar-refractivity contribution in [1.29, 1.82) is 0 Å². The molecule has 12 heteroatoms. The van der Waals surface area contributed by atoms with Gasteiger partial charge in [0.15, 0.2) is 6.20 Å². The van der Waals surface area contributed by atoms with E-state index in [0.717, 1.165) is 25.9 Å². The number of H-pyrrole nitrogens is 1. The van der Waals surface area contributed by atoms with E-state index in [1.807, 2.05) is 12.1 Å². The first kappa shape index (κ1) is 27.8. The Bertz CT molecular complexity index is 1230. The highest BCUT2D eigenvalue weighted by Crippen LogP contribution is 2.35. The Balaban J connectivity index is 1.44. The van der Waals surface area contributed by atoms with Gasteiger partial charge in [0, 0.05) is 44.5 Å². The van der Waals surface area contributed by atoms with Gasteiger partial charge in [-0.15, -0.1) is 0 Å². The van der Waals surface area contributed by atoms with E-state index < -0.39 is 17.9 Å². The summed E-state index contributed by atoms with van der Waals surface area (Å²) in [5.74, 6) is -2.15. The fourth-order valence-corrected chi connectivity index (χ4v) is 5.44. The minimum absolute atomic E-state index is 0.0247. The van der Waals surface area contributed by atoms with Crippen LogP contribution in [-0.2, 0) is 22.6 Å². The molecule has 202 valence electrons. The van der Waals surface area contributed by atoms with Gasteiger partial charge < -0.3 is 26.4 Å². The lowest BCUT2D eigenvalue weighted by Crippen LogP contribution is -2.49. The zero-order valence-electron chi connectivity index (χ0n) is 20.8. The number of amides is 2. The highest BCUT2D eigenvalue weighted by molar-refractivity contribution is 6.40. The summed E-state index contributed by atoms with van der Waals surface area (Å²) in [6.45, 7) is 3.12. The lowest BCUT2D eigenvalue weighted by atomic mass is 9.96. The van der Waals surface area contributed by atoms with Crippen LogP contribution in [0.5, 0.6) is 0 Å². The first-order chi connectivity index (χ1) is 18.2. The van der Waals surface area contributed by atoms with E-state index >= 15 is 0 Å². The van der Waals surface area contributed by atoms with Crippen molar-refractivity contribution < 1.29 is 24.5 Å². The number of hydrogen-bond donors (Lipinski definition) is 4. The van der Waals surface area contributed by atoms with E-state index in [1.165, 1.54) is 0 Å². The number of nitrogens with two attached hydrogens (primary N) is 1. The molecular formula is C26H31Cl2N6O4+. The number of carbonyl (C=O) groups is 3. The Kier molecular flexibility index (Phi) is 9.22. The van der Waals surface area contributed by atoms with Crippen LogP contribution in [0.25, 0.3) is 6.08 Å². The molecule has 0 radical (unpaired) electrons. The predicted octanol–water partition coefficient (Wildman–Crippen LogP) is 1.52. The van der Waals surface area contributed by atoms with Crippen LogP contribution in [-0.4, -0.2) is 71.6 Å². The molecule has 2 amide bonds. The molecule has 2 aliphatic rings. The van der Waals surface area contributed by atoms with Crippen molar-refractivity contribution >= 4 is 47.1 Å². The van der Waals surface area contributed by atoms with Gasteiger partial charge in [-0.3, -0.25) is 14.5 Å². The number of aliphatic carboxylic acids is 1. The molecule has 0 bridgehead atoms. The summed E-state index contributed by atoms with van der Waals surface area (Å²) in [6, 6.07) is 5.91. The maximum Gasteiger partial charge on any atom is 0.327 e. The zero-order chi connectivity index (χ0) is 27.2. The van der Waals surface area contributed by atoms with Gasteiger partial charge >= 0.3 is 5.97 Å². The molecule has 0 aliphatic carbocycles. The van der Waals surface area contributed by atoms with Crippen molar-refractivity contribution in [2.45, 2.75) is 31.8 Å². The van der Waals surface area contributed by atoms with Crippen molar-refractivity contribution in [3.05, 3.63) is 68.6 Å². The van der Waals surface area contributed by atoms with Gasteiger partial charge in [0.1, 0.15) is 11.7 Å². The molecule has 1 atom stereocenters. The summed E-state index contributed by atoms with van der Waals surface area (Å²) in [6.07, 6.45) is 5.95. The third-order valence-electron chi connectivity index (χ3n) is 6.70. The van der Waals surface area contributed by atoms with Gasteiger partial charge in [0.05, 0.1) is 15.6 Å². The summed E-state index contributed by atoms with van der Waals surface area (Å²) >= 11 is 13.1. The molecule has 2 aromatic rings. The Labute approximate surface area is 230 Å². The molecule has 10 nitrogen and oxygen atoms in total. The van der Waals surface area contributed by atoms with E-state index in [0.29, 0.717) is 36.5 Å². The monoisotopic (exact) mass is 561 g/mol. The van der Waals surface area contributed by atoms with Gasteiger partial charge in [0.2, 0.25) is 5.69 Å². The summed E-state index contributed by atoms with van der Waals surface area (Å²) in [7, 11) is 0. The lowest BCUT2D eigenvalue weighted by molar-refractivity contribution is -0.380. The number of rotatable bonds is 9. The summed E-state index contributed by atoms with van der Waals surface area (Å²) < 4.78 is 0. The first-order valence-corrected chi connectivity index (χ1v) is 13.2. The fourth-order valence-electron chi connectivity index (χ4n) is 4.68. The lowest BCUT2D eigenvalue weighted by Gasteiger charge is -2.30. The number of pyridine rings is 1. The van der Waals surface area contributed by atoms with Gasteiger partial charge in [0.25, 0.3) is 11.8 Å². The standard InChI is InChI=1S/C26H30Cl2N6O4/c27-19-11-16-14-34(25(36)20(29)12-17-5-1-2-7-31-17)10-6-18(16)23(28)22(19)24(35)32-21(26(37)38)13-30-15-33-8-3-4-9-33/h1-2,5,7,11-12,21,30H,3-4,6,8-10,13-15,29H2,(H,32,35)(H,37,38)/p+1/t21-/m0/s1. The average molecular weight is 562 g/mol. The third-order valence-corrected chi connectivity index (χ3v) is 7.41. The second-order valence-corrected chi connectivity index (χ2v) is 10.2. The van der Waals surface area contributed by atoms with Crippen LogP contribution in [0.1, 0.15) is 40.0 Å². The average Bonchev–Trinajstić information content (AvgIpc) is 3.41. The van der Waals surface area contributed by atoms with Crippen molar-refractivity contribution in [2.24, 2.45) is 5.73 Å². The van der Waals surface area contributed by atoms with Crippen LogP contribution in [0, 0.1) is 0 Å². The van der Waals surface area contributed by atoms with E-state index in [1.54, 1.807) is 29.3 Å². The highest BCUT2D eigenvalue weighted by atomic mass is 35.5. The molecule has 1 aromatic heterocycles. The van der Waals surface area contributed by atoms with Crippen LogP contribution < -0.4 is 21.4 Å². The molecule has 0 unspecified atom stereocenters. The summed E-state index contributed by atoms with van der Waals surface area (Å²) in [5, 5.41) is 15.5. The number of likely N-dealkylation sites (tertiary alicyclic amines) is 1. The van der Waals surface area contributed by atoms with E-state index in [4.69, 9.17) is 28.9 Å². The Morgan fingerprint density at radius 3 is 2.63 bits per heavy atom. The minimum atomic E-state index is -1.16. The maximum absolute atomic E-state index is 13.1. The number of carboxylic acids is 1. The number of nitrogens with one attached hydrogen (secondary N) is 3. The topological polar surface area (TPSA) is 142 Å². The largest absolute Gasteiger partial charge is 0.480 e. The number of carboxylic acid groups (broad SMARTS) is 1.